The number of hydrogen-bond acceptors (Lipinski definition) is 3. The lowest BCUT2D eigenvalue weighted by Gasteiger charge is -2.32. The maximum Gasteiger partial charge on any atom is 0.186 e. The molecule has 0 atom stereocenters. The molecule has 0 unspecified atom stereocenters. The molecule has 4 N–H and O–H groups in total. The van der Waals surface area contributed by atoms with Gasteiger partial charge in [-0.1, -0.05) is 24.3 Å². The Labute approximate surface area is 114 Å². The predicted molar refractivity (Wildman–Crippen MR) is 78.7 cm³/mol. The van der Waals surface area contributed by atoms with Crippen LogP contribution in [0.1, 0.15) is 11.1 Å². The molecule has 1 heterocycles. The van der Waals surface area contributed by atoms with Gasteiger partial charge in [-0.3, -0.25) is 4.90 Å². The molecule has 1 fully saturated rings. The van der Waals surface area contributed by atoms with Crippen LogP contribution in [0, 0.1) is 0 Å². The quantitative estimate of drug-likeness (QED) is 0.600. The first kappa shape index (κ1) is 13.8. The third-order valence-corrected chi connectivity index (χ3v) is 3.47. The molecule has 5 heteroatoms. The number of nitrogens with two attached hydrogens (primary N) is 2. The van der Waals surface area contributed by atoms with E-state index in [0.29, 0.717) is 6.54 Å². The van der Waals surface area contributed by atoms with E-state index in [2.05, 4.69) is 46.1 Å². The minimum Gasteiger partial charge on any atom is -0.370 e. The van der Waals surface area contributed by atoms with Crippen molar-refractivity contribution in [1.82, 2.24) is 9.80 Å². The zero-order valence-corrected chi connectivity index (χ0v) is 11.5. The fraction of sp³-hybridized carbons (Fsp3) is 0.500. The number of aliphatic imine (C=N–C) groups is 1. The van der Waals surface area contributed by atoms with E-state index in [4.69, 9.17) is 11.5 Å². The van der Waals surface area contributed by atoms with Gasteiger partial charge in [-0.15, -0.1) is 0 Å². The fourth-order valence-electron chi connectivity index (χ4n) is 2.20. The van der Waals surface area contributed by atoms with Crippen LogP contribution in [0.25, 0.3) is 0 Å². The summed E-state index contributed by atoms with van der Waals surface area (Å²) in [6.07, 6.45) is 0. The number of piperazine rings is 1. The highest BCUT2D eigenvalue weighted by molar-refractivity contribution is 5.75. The van der Waals surface area contributed by atoms with E-state index in [1.807, 2.05) is 0 Å². The Morgan fingerprint density at radius 3 is 2.21 bits per heavy atom. The van der Waals surface area contributed by atoms with Crippen molar-refractivity contribution >= 4 is 5.96 Å². The normalized spacial score (nSPS) is 17.3. The number of guanidine groups is 1. The molecule has 0 radical (unpaired) electrons. The Balaban J connectivity index is 1.86. The molecule has 0 saturated carbocycles. The predicted octanol–water partition coefficient (Wildman–Crippen LogP) is 0.207. The first-order chi connectivity index (χ1) is 9.13. The van der Waals surface area contributed by atoms with Crippen LogP contribution < -0.4 is 11.5 Å². The van der Waals surface area contributed by atoms with Crippen LogP contribution >= 0.6 is 0 Å². The van der Waals surface area contributed by atoms with E-state index in [9.17, 15) is 0 Å². The van der Waals surface area contributed by atoms with Gasteiger partial charge in [0.25, 0.3) is 0 Å². The Kier molecular flexibility index (Phi) is 4.76. The van der Waals surface area contributed by atoms with Gasteiger partial charge in [0.05, 0.1) is 6.54 Å². The van der Waals surface area contributed by atoms with Gasteiger partial charge in [0, 0.05) is 32.7 Å². The average Bonchev–Trinajstić information content (AvgIpc) is 2.40. The lowest BCUT2D eigenvalue weighted by Crippen LogP contribution is -2.43. The van der Waals surface area contributed by atoms with Gasteiger partial charge in [-0.25, -0.2) is 4.99 Å². The molecule has 5 nitrogen and oxygen atoms in total. The van der Waals surface area contributed by atoms with Crippen molar-refractivity contribution in [3.05, 3.63) is 35.4 Å². The third-order valence-electron chi connectivity index (χ3n) is 3.47. The minimum absolute atomic E-state index is 0.140. The third kappa shape index (κ3) is 4.54. The average molecular weight is 261 g/mol. The molecule has 1 aliphatic rings. The smallest absolute Gasteiger partial charge is 0.186 e. The maximum absolute atomic E-state index is 5.32. The SMILES string of the molecule is CN1CCN(Cc2ccc(CN=C(N)N)cc2)CC1. The molecule has 19 heavy (non-hydrogen) atoms. The van der Waals surface area contributed by atoms with Crippen molar-refractivity contribution in [2.75, 3.05) is 33.2 Å². The summed E-state index contributed by atoms with van der Waals surface area (Å²) >= 11 is 0. The second kappa shape index (κ2) is 6.54. The zero-order valence-electron chi connectivity index (χ0n) is 11.5. The second-order valence-corrected chi connectivity index (χ2v) is 5.14. The molecule has 0 aliphatic carbocycles. The molecule has 0 amide bonds. The highest BCUT2D eigenvalue weighted by Gasteiger charge is 2.13. The Bertz CT molecular complexity index is 414. The number of rotatable bonds is 4. The molecule has 1 aromatic rings. The standard InChI is InChI=1S/C14H23N5/c1-18-6-8-19(9-7-18)11-13-4-2-12(3-5-13)10-17-14(15)16/h2-5H,6-11H2,1H3,(H4,15,16,17). The Hall–Kier alpha value is -1.59. The molecule has 1 aromatic carbocycles. The van der Waals surface area contributed by atoms with E-state index in [-0.39, 0.29) is 5.96 Å². The molecule has 0 spiro atoms. The van der Waals surface area contributed by atoms with Crippen LogP contribution in [0.2, 0.25) is 0 Å². The van der Waals surface area contributed by atoms with E-state index in [1.54, 1.807) is 0 Å². The summed E-state index contributed by atoms with van der Waals surface area (Å²) in [4.78, 5) is 8.87. The highest BCUT2D eigenvalue weighted by atomic mass is 15.2. The minimum atomic E-state index is 0.140. The fourth-order valence-corrected chi connectivity index (χ4v) is 2.20. The molecular weight excluding hydrogens is 238 g/mol. The van der Waals surface area contributed by atoms with Crippen molar-refractivity contribution in [3.63, 3.8) is 0 Å². The molecular formula is C14H23N5. The molecule has 104 valence electrons. The zero-order chi connectivity index (χ0) is 13.7. The van der Waals surface area contributed by atoms with Crippen LogP contribution in [0.15, 0.2) is 29.3 Å². The van der Waals surface area contributed by atoms with Crippen LogP contribution in [0.4, 0.5) is 0 Å². The summed E-state index contributed by atoms with van der Waals surface area (Å²) in [5.74, 6) is 0.140. The van der Waals surface area contributed by atoms with E-state index < -0.39 is 0 Å². The summed E-state index contributed by atoms with van der Waals surface area (Å²) < 4.78 is 0. The second-order valence-electron chi connectivity index (χ2n) is 5.14. The summed E-state index contributed by atoms with van der Waals surface area (Å²) in [6.45, 7) is 6.18. The van der Waals surface area contributed by atoms with Gasteiger partial charge >= 0.3 is 0 Å². The lowest BCUT2D eigenvalue weighted by atomic mass is 10.1. The lowest BCUT2D eigenvalue weighted by molar-refractivity contribution is 0.148. The number of nitrogens with zero attached hydrogens (tertiary/aromatic N) is 3. The van der Waals surface area contributed by atoms with Crippen LogP contribution in [-0.2, 0) is 13.1 Å². The summed E-state index contributed by atoms with van der Waals surface area (Å²) in [6, 6.07) is 8.52. The van der Waals surface area contributed by atoms with Crippen LogP contribution in [0.5, 0.6) is 0 Å². The van der Waals surface area contributed by atoms with Gasteiger partial charge in [-0.2, -0.15) is 0 Å². The van der Waals surface area contributed by atoms with Gasteiger partial charge in [0.2, 0.25) is 0 Å². The summed E-state index contributed by atoms with van der Waals surface area (Å²) in [5.41, 5.74) is 13.1. The Morgan fingerprint density at radius 1 is 1.05 bits per heavy atom. The monoisotopic (exact) mass is 261 g/mol. The van der Waals surface area contributed by atoms with E-state index >= 15 is 0 Å². The van der Waals surface area contributed by atoms with E-state index in [0.717, 1.165) is 38.3 Å². The van der Waals surface area contributed by atoms with Crippen LogP contribution in [-0.4, -0.2) is 49.0 Å². The van der Waals surface area contributed by atoms with Gasteiger partial charge in [0.1, 0.15) is 0 Å². The van der Waals surface area contributed by atoms with E-state index in [1.165, 1.54) is 5.56 Å². The first-order valence-corrected chi connectivity index (χ1v) is 6.67. The molecule has 1 aliphatic heterocycles. The van der Waals surface area contributed by atoms with Crippen molar-refractivity contribution in [3.8, 4) is 0 Å². The maximum atomic E-state index is 5.32. The number of hydrogen-bond donors (Lipinski definition) is 2. The number of benzene rings is 1. The van der Waals surface area contributed by atoms with Crippen LogP contribution in [0.3, 0.4) is 0 Å². The molecule has 0 bridgehead atoms. The van der Waals surface area contributed by atoms with Gasteiger partial charge < -0.3 is 16.4 Å². The Morgan fingerprint density at radius 2 is 1.63 bits per heavy atom. The molecule has 0 aromatic heterocycles. The first-order valence-electron chi connectivity index (χ1n) is 6.67. The largest absolute Gasteiger partial charge is 0.370 e. The summed E-state index contributed by atoms with van der Waals surface area (Å²) in [5, 5.41) is 0. The van der Waals surface area contributed by atoms with Crippen molar-refractivity contribution in [1.29, 1.82) is 0 Å². The molecule has 2 rings (SSSR count). The van der Waals surface area contributed by atoms with Gasteiger partial charge in [0.15, 0.2) is 5.96 Å². The highest BCUT2D eigenvalue weighted by Crippen LogP contribution is 2.10. The topological polar surface area (TPSA) is 70.9 Å². The van der Waals surface area contributed by atoms with Crippen molar-refractivity contribution in [2.45, 2.75) is 13.1 Å². The summed E-state index contributed by atoms with van der Waals surface area (Å²) in [7, 11) is 2.18. The molecule has 1 saturated heterocycles. The van der Waals surface area contributed by atoms with Gasteiger partial charge in [-0.05, 0) is 18.2 Å². The van der Waals surface area contributed by atoms with Crippen molar-refractivity contribution in [2.24, 2.45) is 16.5 Å². The number of likely N-dealkylation sites (N-methyl/N-ethyl adjacent to an activating group) is 1. The van der Waals surface area contributed by atoms with Crippen molar-refractivity contribution < 1.29 is 0 Å².